The van der Waals surface area contributed by atoms with Crippen molar-refractivity contribution in [2.75, 3.05) is 6.61 Å². The van der Waals surface area contributed by atoms with Gasteiger partial charge in [0.15, 0.2) is 11.8 Å². The van der Waals surface area contributed by atoms with E-state index in [2.05, 4.69) is 5.32 Å². The van der Waals surface area contributed by atoms with E-state index in [1.54, 1.807) is 88.4 Å². The second kappa shape index (κ2) is 11.8. The molecule has 0 fully saturated rings. The van der Waals surface area contributed by atoms with Crippen LogP contribution in [-0.2, 0) is 30.3 Å². The van der Waals surface area contributed by atoms with E-state index in [4.69, 9.17) is 9.47 Å². The molecule has 1 unspecified atom stereocenters. The first-order chi connectivity index (χ1) is 15.6. The number of ketones is 1. The number of nitrogens with one attached hydrogen (secondary N) is 1. The van der Waals surface area contributed by atoms with Crippen molar-refractivity contribution in [3.8, 4) is 0 Å². The fourth-order valence-corrected chi connectivity index (χ4v) is 2.87. The predicted molar refractivity (Wildman–Crippen MR) is 124 cm³/mol. The van der Waals surface area contributed by atoms with E-state index in [-0.39, 0.29) is 13.0 Å². The lowest BCUT2D eigenvalue weighted by Gasteiger charge is -2.17. The fourth-order valence-electron chi connectivity index (χ4n) is 2.87. The molecule has 0 spiro atoms. The van der Waals surface area contributed by atoms with Gasteiger partial charge in [-0.1, -0.05) is 54.6 Å². The van der Waals surface area contributed by atoms with Crippen LogP contribution in [0.25, 0.3) is 6.08 Å². The Morgan fingerprint density at radius 3 is 2.18 bits per heavy atom. The first-order valence-electron chi connectivity index (χ1n) is 10.6. The number of amides is 1. The van der Waals surface area contributed by atoms with Gasteiger partial charge < -0.3 is 14.8 Å². The summed E-state index contributed by atoms with van der Waals surface area (Å²) in [7, 11) is 0. The summed E-state index contributed by atoms with van der Waals surface area (Å²) in [5.41, 5.74) is 1.17. The third-order valence-electron chi connectivity index (χ3n) is 4.31. The number of hydrogen-bond acceptors (Lipinski definition) is 6. The highest BCUT2D eigenvalue weighted by molar-refractivity contribution is 6.13. The number of hydrogen-bond donors (Lipinski definition) is 1. The molecule has 0 radical (unpaired) electrons. The molecule has 0 aliphatic heterocycles. The zero-order chi connectivity index (χ0) is 24.4. The van der Waals surface area contributed by atoms with Gasteiger partial charge in [-0.15, -0.1) is 0 Å². The molecule has 7 nitrogen and oxygen atoms in total. The van der Waals surface area contributed by atoms with Gasteiger partial charge >= 0.3 is 11.9 Å². The van der Waals surface area contributed by atoms with E-state index in [0.717, 1.165) is 5.56 Å². The zero-order valence-corrected chi connectivity index (χ0v) is 19.3. The normalized spacial score (nSPS) is 12.1. The maximum Gasteiger partial charge on any atom is 0.336 e. The Balaban J connectivity index is 2.02. The van der Waals surface area contributed by atoms with Gasteiger partial charge in [-0.05, 0) is 44.9 Å². The minimum atomic E-state index is -1.42. The van der Waals surface area contributed by atoms with Gasteiger partial charge in [-0.2, -0.15) is 0 Å². The molecule has 2 aromatic carbocycles. The van der Waals surface area contributed by atoms with E-state index in [1.807, 2.05) is 0 Å². The Bertz CT molecular complexity index is 1000. The molecule has 0 aromatic heterocycles. The average molecular weight is 452 g/mol. The number of rotatable bonds is 9. The van der Waals surface area contributed by atoms with Gasteiger partial charge in [0.25, 0.3) is 0 Å². The predicted octanol–water partition coefficient (Wildman–Crippen LogP) is 3.51. The molecule has 0 bridgehead atoms. The molecular formula is C26H29NO6. The van der Waals surface area contributed by atoms with Crippen molar-refractivity contribution in [1.29, 1.82) is 0 Å². The van der Waals surface area contributed by atoms with Crippen molar-refractivity contribution in [3.63, 3.8) is 0 Å². The molecule has 7 heteroatoms. The smallest absolute Gasteiger partial charge is 0.336 e. The lowest BCUT2D eigenvalue weighted by atomic mass is 10.0. The van der Waals surface area contributed by atoms with E-state index >= 15 is 0 Å². The summed E-state index contributed by atoms with van der Waals surface area (Å²) < 4.78 is 10.2. The van der Waals surface area contributed by atoms with E-state index in [1.165, 1.54) is 6.08 Å². The van der Waals surface area contributed by atoms with Gasteiger partial charge in [0.05, 0.1) is 13.0 Å². The maximum atomic E-state index is 12.7. The number of esters is 2. The number of ether oxygens (including phenoxy) is 2. The highest BCUT2D eigenvalue weighted by Gasteiger charge is 2.30. The molecule has 174 valence electrons. The monoisotopic (exact) mass is 451 g/mol. The van der Waals surface area contributed by atoms with Crippen LogP contribution in [0.3, 0.4) is 0 Å². The van der Waals surface area contributed by atoms with Crippen LogP contribution < -0.4 is 5.32 Å². The highest BCUT2D eigenvalue weighted by atomic mass is 16.6. The molecule has 1 amide bonds. The number of carbonyl (C=O) groups is 4. The molecule has 0 aliphatic carbocycles. The molecule has 33 heavy (non-hydrogen) atoms. The Morgan fingerprint density at radius 1 is 0.970 bits per heavy atom. The van der Waals surface area contributed by atoms with Crippen LogP contribution in [0.15, 0.2) is 60.7 Å². The molecule has 1 atom stereocenters. The number of carbonyl (C=O) groups excluding carboxylic acids is 4. The lowest BCUT2D eigenvalue weighted by Crippen LogP contribution is -2.48. The van der Waals surface area contributed by atoms with E-state index in [0.29, 0.717) is 11.1 Å². The van der Waals surface area contributed by atoms with Crippen LogP contribution in [0.4, 0.5) is 0 Å². The first kappa shape index (κ1) is 25.5. The van der Waals surface area contributed by atoms with Gasteiger partial charge in [0, 0.05) is 11.6 Å². The molecule has 2 rings (SSSR count). The summed E-state index contributed by atoms with van der Waals surface area (Å²) in [5, 5.41) is 2.49. The molecule has 1 N–H and O–H groups in total. The topological polar surface area (TPSA) is 98.8 Å². The SMILES string of the molecule is CCOC(=O)C(NC(=O)Cc1ccc(C=CC(=O)OC(C)(C)C)cc1)C(=O)c1ccccc1. The minimum Gasteiger partial charge on any atom is -0.464 e. The summed E-state index contributed by atoms with van der Waals surface area (Å²) in [6.07, 6.45) is 2.92. The summed E-state index contributed by atoms with van der Waals surface area (Å²) in [6.45, 7) is 7.09. The van der Waals surface area contributed by atoms with Crippen LogP contribution >= 0.6 is 0 Å². The second-order valence-corrected chi connectivity index (χ2v) is 8.27. The first-order valence-corrected chi connectivity index (χ1v) is 10.6. The van der Waals surface area contributed by atoms with Crippen molar-refractivity contribution >= 4 is 29.7 Å². The molecule has 0 heterocycles. The zero-order valence-electron chi connectivity index (χ0n) is 19.3. The van der Waals surface area contributed by atoms with Crippen molar-refractivity contribution in [3.05, 3.63) is 77.4 Å². The fraction of sp³-hybridized carbons (Fsp3) is 0.308. The van der Waals surface area contributed by atoms with Crippen LogP contribution in [0.1, 0.15) is 49.2 Å². The van der Waals surface area contributed by atoms with Crippen molar-refractivity contribution in [1.82, 2.24) is 5.32 Å². The van der Waals surface area contributed by atoms with Gasteiger partial charge in [-0.25, -0.2) is 9.59 Å². The molecule has 0 saturated carbocycles. The van der Waals surface area contributed by atoms with Crippen LogP contribution in [-0.4, -0.2) is 41.9 Å². The Morgan fingerprint density at radius 2 is 1.61 bits per heavy atom. The third-order valence-corrected chi connectivity index (χ3v) is 4.31. The van der Waals surface area contributed by atoms with Crippen LogP contribution in [0.5, 0.6) is 0 Å². The lowest BCUT2D eigenvalue weighted by molar-refractivity contribution is -0.148. The Hall–Kier alpha value is -3.74. The van der Waals surface area contributed by atoms with Crippen LogP contribution in [0, 0.1) is 0 Å². The summed E-state index contributed by atoms with van der Waals surface area (Å²) in [6, 6.07) is 13.8. The Labute approximate surface area is 193 Å². The van der Waals surface area contributed by atoms with Gasteiger partial charge in [-0.3, -0.25) is 9.59 Å². The number of benzene rings is 2. The van der Waals surface area contributed by atoms with E-state index < -0.39 is 35.3 Å². The molecule has 0 saturated heterocycles. The largest absolute Gasteiger partial charge is 0.464 e. The maximum absolute atomic E-state index is 12.7. The standard InChI is InChI=1S/C26H29NO6/c1-5-32-25(31)23(24(30)20-9-7-6-8-10-20)27-21(28)17-19-13-11-18(12-14-19)15-16-22(29)33-26(2,3)4/h6-16,23H,5,17H2,1-4H3,(H,27,28). The Kier molecular flexibility index (Phi) is 9.09. The summed E-state index contributed by atoms with van der Waals surface area (Å²) in [5.74, 6) is -2.28. The number of Topliss-reactive ketones (excluding diaryl/α,β-unsaturated/α-hetero) is 1. The minimum absolute atomic E-state index is 0.0337. The summed E-state index contributed by atoms with van der Waals surface area (Å²) in [4.78, 5) is 49.4. The average Bonchev–Trinajstić information content (AvgIpc) is 2.76. The van der Waals surface area contributed by atoms with Crippen molar-refractivity contribution < 1.29 is 28.7 Å². The van der Waals surface area contributed by atoms with Gasteiger partial charge in [0.2, 0.25) is 5.91 Å². The quantitative estimate of drug-likeness (QED) is 0.271. The second-order valence-electron chi connectivity index (χ2n) is 8.27. The third kappa shape index (κ3) is 8.73. The highest BCUT2D eigenvalue weighted by Crippen LogP contribution is 2.11. The van der Waals surface area contributed by atoms with Crippen LogP contribution in [0.2, 0.25) is 0 Å². The van der Waals surface area contributed by atoms with E-state index in [9.17, 15) is 19.2 Å². The molecular weight excluding hydrogens is 422 g/mol. The van der Waals surface area contributed by atoms with Crippen molar-refractivity contribution in [2.24, 2.45) is 0 Å². The molecule has 0 aliphatic rings. The summed E-state index contributed by atoms with van der Waals surface area (Å²) >= 11 is 0. The molecule has 2 aromatic rings. The van der Waals surface area contributed by atoms with Crippen molar-refractivity contribution in [2.45, 2.75) is 45.8 Å². The van der Waals surface area contributed by atoms with Gasteiger partial charge in [0.1, 0.15) is 5.60 Å².